The van der Waals surface area contributed by atoms with Crippen LogP contribution in [0.3, 0.4) is 0 Å². The fourth-order valence-corrected chi connectivity index (χ4v) is 7.95. The van der Waals surface area contributed by atoms with Gasteiger partial charge >= 0.3 is 0 Å². The molecule has 0 aliphatic rings. The number of aliphatic hydroxyl groups excluding tert-OH is 5. The molecule has 0 radical (unpaired) electrons. The van der Waals surface area contributed by atoms with Gasteiger partial charge in [-0.2, -0.15) is 0 Å². The SMILES string of the molecule is CCN(C(=O)c1c(O)c2c(I)cccc2n(C)c1=O)c1ccccc1.CCN(C(=O)c1c(O)c2c(N(C)CC(O)C(O)C(O)C(O)CO)cccc2n(C)c1=O)c1ccccc1. The molecular formula is C45H50IN5O11. The highest BCUT2D eigenvalue weighted by Crippen LogP contribution is 2.36. The number of carbonyl (C=O) groups excluding carboxylic acids is 2. The number of amides is 2. The Morgan fingerprint density at radius 2 is 1.05 bits per heavy atom. The normalized spacial score (nSPS) is 13.1. The Kier molecular flexibility index (Phi) is 15.5. The van der Waals surface area contributed by atoms with Gasteiger partial charge in [0.2, 0.25) is 0 Å². The highest BCUT2D eigenvalue weighted by Gasteiger charge is 2.32. The van der Waals surface area contributed by atoms with Gasteiger partial charge in [-0.15, -0.1) is 0 Å². The average molecular weight is 964 g/mol. The van der Waals surface area contributed by atoms with Crippen LogP contribution in [0, 0.1) is 3.57 Å². The Morgan fingerprint density at radius 3 is 1.50 bits per heavy atom. The highest BCUT2D eigenvalue weighted by molar-refractivity contribution is 14.1. The summed E-state index contributed by atoms with van der Waals surface area (Å²) in [5.74, 6) is -1.97. The molecule has 4 atom stereocenters. The third kappa shape index (κ3) is 9.32. The second-order valence-electron chi connectivity index (χ2n) is 14.4. The molecule has 0 aliphatic heterocycles. The molecule has 6 rings (SSSR count). The van der Waals surface area contributed by atoms with E-state index in [4.69, 9.17) is 5.11 Å². The van der Waals surface area contributed by atoms with Crippen molar-refractivity contribution in [2.24, 2.45) is 14.1 Å². The van der Waals surface area contributed by atoms with Crippen molar-refractivity contribution in [2.75, 3.05) is 48.0 Å². The number of aromatic hydroxyl groups is 2. The number of hydrogen-bond acceptors (Lipinski definition) is 12. The molecule has 0 saturated carbocycles. The molecule has 0 bridgehead atoms. The zero-order chi connectivity index (χ0) is 45.6. The lowest BCUT2D eigenvalue weighted by Gasteiger charge is -2.30. The molecule has 6 aromatic rings. The maximum absolute atomic E-state index is 13.5. The van der Waals surface area contributed by atoms with E-state index >= 15 is 0 Å². The maximum Gasteiger partial charge on any atom is 0.267 e. The second-order valence-corrected chi connectivity index (χ2v) is 15.6. The smallest absolute Gasteiger partial charge is 0.267 e. The molecule has 0 fully saturated rings. The van der Waals surface area contributed by atoms with E-state index in [1.54, 1.807) is 87.7 Å². The van der Waals surface area contributed by atoms with Gasteiger partial charge in [-0.1, -0.05) is 48.5 Å². The molecule has 62 heavy (non-hydrogen) atoms. The van der Waals surface area contributed by atoms with Crippen molar-refractivity contribution >= 4 is 73.3 Å². The van der Waals surface area contributed by atoms with Crippen molar-refractivity contribution in [3.05, 3.63) is 132 Å². The lowest BCUT2D eigenvalue weighted by molar-refractivity contribution is -0.112. The average Bonchev–Trinajstić information content (AvgIpc) is 3.27. The van der Waals surface area contributed by atoms with Crippen LogP contribution in [-0.4, -0.2) is 114 Å². The Bertz CT molecular complexity index is 2680. The number of halogens is 1. The number of aryl methyl sites for hydroxylation is 2. The van der Waals surface area contributed by atoms with Crippen molar-refractivity contribution in [1.82, 2.24) is 9.13 Å². The van der Waals surface area contributed by atoms with Gasteiger partial charge in [-0.25, -0.2) is 0 Å². The number of anilines is 3. The van der Waals surface area contributed by atoms with Crippen molar-refractivity contribution in [3.63, 3.8) is 0 Å². The zero-order valence-corrected chi connectivity index (χ0v) is 36.9. The number of pyridine rings is 2. The molecule has 328 valence electrons. The fourth-order valence-electron chi connectivity index (χ4n) is 7.21. The Morgan fingerprint density at radius 1 is 0.629 bits per heavy atom. The number of nitrogens with zero attached hydrogens (tertiary/aromatic N) is 5. The number of fused-ring (bicyclic) bond motifs is 2. The molecule has 4 aromatic carbocycles. The van der Waals surface area contributed by atoms with Crippen LogP contribution in [0.5, 0.6) is 11.5 Å². The minimum Gasteiger partial charge on any atom is -0.506 e. The molecule has 2 aromatic heterocycles. The molecule has 0 saturated heterocycles. The van der Waals surface area contributed by atoms with Crippen LogP contribution in [0.25, 0.3) is 21.8 Å². The van der Waals surface area contributed by atoms with Gasteiger partial charge in [0.15, 0.2) is 0 Å². The van der Waals surface area contributed by atoms with Crippen molar-refractivity contribution in [2.45, 2.75) is 38.3 Å². The van der Waals surface area contributed by atoms with Gasteiger partial charge in [0, 0.05) is 61.4 Å². The summed E-state index contributed by atoms with van der Waals surface area (Å²) in [5.41, 5.74) is 0.694. The first-order valence-electron chi connectivity index (χ1n) is 19.6. The minimum absolute atomic E-state index is 0.178. The molecule has 0 aliphatic carbocycles. The standard InChI is InChI=1S/C26H33N3O8.C19H17IN2O3/c1-4-29(15-9-6-5-7-10-15)26(37)21-24(35)20-16(11-8-12-17(20)28(3)25(21)36)27(2)13-18(31)22(33)23(34)19(32)14-30;1-3-22(12-8-5-4-6-9-12)19(25)16-17(23)15-13(20)10-7-11-14(15)21(2)18(16)24/h5-12,18-19,22-23,30-35H,4,13-14H2,1-3H3;4-11,23H,3H2,1-2H3. The summed E-state index contributed by atoms with van der Waals surface area (Å²) in [4.78, 5) is 56.9. The van der Waals surface area contributed by atoms with Crippen LogP contribution in [0.15, 0.2) is 107 Å². The lowest BCUT2D eigenvalue weighted by Crippen LogP contribution is -2.49. The molecule has 0 spiro atoms. The summed E-state index contributed by atoms with van der Waals surface area (Å²) in [6.45, 7) is 3.15. The number of aliphatic hydroxyl groups is 5. The summed E-state index contributed by atoms with van der Waals surface area (Å²) in [5, 5.41) is 71.9. The van der Waals surface area contributed by atoms with E-state index in [-0.39, 0.29) is 29.8 Å². The Labute approximate surface area is 370 Å². The summed E-state index contributed by atoms with van der Waals surface area (Å²) in [7, 11) is 4.64. The second kappa shape index (κ2) is 20.4. The lowest BCUT2D eigenvalue weighted by atomic mass is 10.0. The van der Waals surface area contributed by atoms with E-state index in [9.17, 15) is 49.8 Å². The van der Waals surface area contributed by atoms with E-state index < -0.39 is 65.3 Å². The molecular weight excluding hydrogens is 913 g/mol. The van der Waals surface area contributed by atoms with Gasteiger partial charge in [0.1, 0.15) is 40.9 Å². The first-order valence-corrected chi connectivity index (χ1v) is 20.7. The minimum atomic E-state index is -1.79. The van der Waals surface area contributed by atoms with Crippen LogP contribution >= 0.6 is 22.6 Å². The first kappa shape index (κ1) is 47.2. The van der Waals surface area contributed by atoms with E-state index in [1.807, 2.05) is 37.3 Å². The molecule has 17 heteroatoms. The molecule has 16 nitrogen and oxygen atoms in total. The van der Waals surface area contributed by atoms with E-state index in [2.05, 4.69) is 22.6 Å². The van der Waals surface area contributed by atoms with Crippen LogP contribution in [0.4, 0.5) is 17.1 Å². The Hall–Kier alpha value is -5.83. The van der Waals surface area contributed by atoms with Crippen LogP contribution in [0.1, 0.15) is 34.6 Å². The number of carbonyl (C=O) groups is 2. The number of aromatic nitrogens is 2. The third-order valence-electron chi connectivity index (χ3n) is 10.6. The van der Waals surface area contributed by atoms with Crippen LogP contribution in [0.2, 0.25) is 0 Å². The monoisotopic (exact) mass is 963 g/mol. The van der Waals surface area contributed by atoms with Crippen molar-refractivity contribution in [1.29, 1.82) is 0 Å². The molecule has 4 unspecified atom stereocenters. The zero-order valence-electron chi connectivity index (χ0n) is 34.8. The van der Waals surface area contributed by atoms with Crippen molar-refractivity contribution < 1.29 is 45.3 Å². The number of rotatable bonds is 13. The summed E-state index contributed by atoms with van der Waals surface area (Å²) >= 11 is 2.09. The quantitative estimate of drug-likeness (QED) is 0.0828. The summed E-state index contributed by atoms with van der Waals surface area (Å²) in [6.07, 6.45) is -6.78. The highest BCUT2D eigenvalue weighted by atomic mass is 127. The van der Waals surface area contributed by atoms with Gasteiger partial charge in [-0.3, -0.25) is 19.2 Å². The summed E-state index contributed by atoms with van der Waals surface area (Å²) in [6, 6.07) is 28.1. The maximum atomic E-state index is 13.5. The fraction of sp³-hybridized carbons (Fsp3) is 0.289. The first-order chi connectivity index (χ1) is 29.5. The van der Waals surface area contributed by atoms with E-state index in [0.29, 0.717) is 40.0 Å². The number of likely N-dealkylation sites (N-methyl/N-ethyl adjacent to an activating group) is 1. The van der Waals surface area contributed by atoms with Gasteiger partial charge < -0.3 is 59.6 Å². The predicted molar refractivity (Wildman–Crippen MR) is 246 cm³/mol. The molecule has 2 amide bonds. The van der Waals surface area contributed by atoms with E-state index in [0.717, 1.165) is 3.57 Å². The van der Waals surface area contributed by atoms with Crippen LogP contribution < -0.4 is 25.8 Å². The number of benzene rings is 4. The van der Waals surface area contributed by atoms with Gasteiger partial charge in [0.05, 0.1) is 34.5 Å². The Balaban J connectivity index is 0.000000252. The van der Waals surface area contributed by atoms with Gasteiger partial charge in [0.25, 0.3) is 22.9 Å². The van der Waals surface area contributed by atoms with E-state index in [1.165, 1.54) is 30.9 Å². The third-order valence-corrected chi connectivity index (χ3v) is 11.5. The summed E-state index contributed by atoms with van der Waals surface area (Å²) < 4.78 is 3.44. The predicted octanol–water partition coefficient (Wildman–Crippen LogP) is 3.30. The van der Waals surface area contributed by atoms with Crippen molar-refractivity contribution in [3.8, 4) is 11.5 Å². The number of para-hydroxylation sites is 2. The topological polar surface area (TPSA) is 229 Å². The number of hydrogen-bond donors (Lipinski definition) is 7. The molecule has 2 heterocycles. The van der Waals surface area contributed by atoms with Crippen LogP contribution in [-0.2, 0) is 14.1 Å². The van der Waals surface area contributed by atoms with Gasteiger partial charge in [-0.05, 0) is 85.0 Å². The molecule has 7 N–H and O–H groups in total. The largest absolute Gasteiger partial charge is 0.506 e.